The molecule has 0 spiro atoms. The molecule has 0 radical (unpaired) electrons. The molecule has 0 saturated heterocycles. The smallest absolute Gasteiger partial charge is 0.332 e. The zero-order chi connectivity index (χ0) is 26.0. The molecule has 0 aliphatic carbocycles. The molecule has 0 aliphatic heterocycles. The molecule has 0 bridgehead atoms. The normalized spacial score (nSPS) is 12.0. The molecule has 0 aromatic heterocycles. The van der Waals surface area contributed by atoms with Crippen molar-refractivity contribution in [2.45, 2.75) is 25.0 Å². The van der Waals surface area contributed by atoms with E-state index in [2.05, 4.69) is 0 Å². The lowest BCUT2D eigenvalue weighted by molar-refractivity contribution is -0.147. The molecular formula is C24H34N2O8. The van der Waals surface area contributed by atoms with Gasteiger partial charge in [-0.25, -0.2) is 9.59 Å². The molecule has 2 aromatic carbocycles. The van der Waals surface area contributed by atoms with Gasteiger partial charge in [0.1, 0.15) is 11.5 Å². The summed E-state index contributed by atoms with van der Waals surface area (Å²) in [6, 6.07) is 10.6. The van der Waals surface area contributed by atoms with Crippen molar-refractivity contribution in [1.29, 1.82) is 0 Å². The number of benzene rings is 2. The van der Waals surface area contributed by atoms with E-state index in [4.69, 9.17) is 19.7 Å². The minimum atomic E-state index is -1.38. The Kier molecular flexibility index (Phi) is 11.1. The number of aliphatic carboxylic acids is 2. The average molecular weight is 479 g/mol. The third-order valence-corrected chi connectivity index (χ3v) is 4.88. The lowest BCUT2D eigenvalue weighted by Gasteiger charge is -2.18. The molecular weight excluding hydrogens is 444 g/mol. The van der Waals surface area contributed by atoms with Gasteiger partial charge in [0, 0.05) is 41.0 Å². The largest absolute Gasteiger partial charge is 0.495 e. The highest BCUT2D eigenvalue weighted by atomic mass is 16.5. The van der Waals surface area contributed by atoms with Crippen molar-refractivity contribution in [2.24, 2.45) is 0 Å². The summed E-state index contributed by atoms with van der Waals surface area (Å²) in [5.41, 5.74) is 3.21. The van der Waals surface area contributed by atoms with Crippen LogP contribution in [0.4, 0.5) is 11.4 Å². The van der Waals surface area contributed by atoms with Gasteiger partial charge in [-0.3, -0.25) is 0 Å². The van der Waals surface area contributed by atoms with Crippen molar-refractivity contribution < 1.29 is 39.5 Å². The molecule has 2 unspecified atom stereocenters. The molecule has 34 heavy (non-hydrogen) atoms. The van der Waals surface area contributed by atoms with Crippen LogP contribution in [-0.2, 0) is 22.4 Å². The molecule has 188 valence electrons. The van der Waals surface area contributed by atoms with Gasteiger partial charge >= 0.3 is 11.9 Å². The maximum absolute atomic E-state index is 10.6. The van der Waals surface area contributed by atoms with Gasteiger partial charge in [0.2, 0.25) is 0 Å². The summed E-state index contributed by atoms with van der Waals surface area (Å²) < 4.78 is 10.4. The second-order valence-electron chi connectivity index (χ2n) is 7.92. The number of hydrogen-bond donors (Lipinski definition) is 4. The minimum absolute atomic E-state index is 0.0835. The van der Waals surface area contributed by atoms with Crippen LogP contribution >= 0.6 is 0 Å². The molecule has 2 aromatic rings. The van der Waals surface area contributed by atoms with E-state index in [1.807, 2.05) is 50.1 Å². The summed E-state index contributed by atoms with van der Waals surface area (Å²) in [6.07, 6.45) is -2.59. The van der Waals surface area contributed by atoms with E-state index in [-0.39, 0.29) is 12.8 Å². The Morgan fingerprint density at radius 2 is 1.06 bits per heavy atom. The van der Waals surface area contributed by atoms with Crippen LogP contribution in [0, 0.1) is 0 Å². The van der Waals surface area contributed by atoms with E-state index in [0.717, 1.165) is 22.5 Å². The Hall–Kier alpha value is -3.50. The summed E-state index contributed by atoms with van der Waals surface area (Å²) in [5, 5.41) is 35.9. The Morgan fingerprint density at radius 3 is 1.29 bits per heavy atom. The van der Waals surface area contributed by atoms with Crippen LogP contribution in [0.25, 0.3) is 0 Å². The SMILES string of the molecule is COc1ccc(CC(O)C(=O)O)cc1N(C)C.COc1ccc(CC(O)C(=O)O)cc1N(C)C. The van der Waals surface area contributed by atoms with Crippen molar-refractivity contribution >= 4 is 23.3 Å². The summed E-state index contributed by atoms with van der Waals surface area (Å²) in [6.45, 7) is 0. The van der Waals surface area contributed by atoms with Gasteiger partial charge in [-0.15, -0.1) is 0 Å². The van der Waals surface area contributed by atoms with E-state index in [0.29, 0.717) is 11.5 Å². The number of rotatable bonds is 10. The van der Waals surface area contributed by atoms with Crippen molar-refractivity contribution in [3.63, 3.8) is 0 Å². The monoisotopic (exact) mass is 478 g/mol. The van der Waals surface area contributed by atoms with Crippen molar-refractivity contribution in [2.75, 3.05) is 52.2 Å². The molecule has 0 saturated carbocycles. The van der Waals surface area contributed by atoms with Crippen LogP contribution in [0.3, 0.4) is 0 Å². The first-order valence-electron chi connectivity index (χ1n) is 10.4. The van der Waals surface area contributed by atoms with Crippen LogP contribution in [0.1, 0.15) is 11.1 Å². The fourth-order valence-electron chi connectivity index (χ4n) is 3.05. The number of nitrogens with zero attached hydrogens (tertiary/aromatic N) is 2. The van der Waals surface area contributed by atoms with Crippen molar-refractivity contribution in [3.05, 3.63) is 47.5 Å². The number of carboxylic acid groups (broad SMARTS) is 2. The first-order valence-corrected chi connectivity index (χ1v) is 10.4. The second-order valence-corrected chi connectivity index (χ2v) is 7.92. The summed E-state index contributed by atoms with van der Waals surface area (Å²) >= 11 is 0. The van der Waals surface area contributed by atoms with Crippen LogP contribution in [-0.4, -0.2) is 87.0 Å². The molecule has 0 heterocycles. The lowest BCUT2D eigenvalue weighted by atomic mass is 10.1. The lowest BCUT2D eigenvalue weighted by Crippen LogP contribution is -2.22. The Labute approximate surface area is 199 Å². The van der Waals surface area contributed by atoms with Gasteiger partial charge in [-0.05, 0) is 35.4 Å². The average Bonchev–Trinajstić information content (AvgIpc) is 2.79. The topological polar surface area (TPSA) is 140 Å². The molecule has 0 fully saturated rings. The van der Waals surface area contributed by atoms with Gasteiger partial charge in [-0.2, -0.15) is 0 Å². The van der Waals surface area contributed by atoms with Crippen molar-refractivity contribution in [3.8, 4) is 11.5 Å². The molecule has 10 nitrogen and oxygen atoms in total. The first-order chi connectivity index (χ1) is 15.9. The predicted molar refractivity (Wildman–Crippen MR) is 129 cm³/mol. The number of aliphatic hydroxyl groups is 2. The molecule has 2 rings (SSSR count). The van der Waals surface area contributed by atoms with Gasteiger partial charge < -0.3 is 39.7 Å². The molecule has 10 heteroatoms. The fourth-order valence-corrected chi connectivity index (χ4v) is 3.05. The number of aliphatic hydroxyl groups excluding tert-OH is 2. The number of ether oxygens (including phenoxy) is 2. The van der Waals surface area contributed by atoms with Crippen LogP contribution in [0.15, 0.2) is 36.4 Å². The van der Waals surface area contributed by atoms with Gasteiger partial charge in [0.15, 0.2) is 12.2 Å². The maximum Gasteiger partial charge on any atom is 0.332 e. The van der Waals surface area contributed by atoms with Gasteiger partial charge in [-0.1, -0.05) is 12.1 Å². The second kappa shape index (κ2) is 13.3. The van der Waals surface area contributed by atoms with E-state index < -0.39 is 24.1 Å². The zero-order valence-electron chi connectivity index (χ0n) is 20.3. The highest BCUT2D eigenvalue weighted by Gasteiger charge is 2.16. The van der Waals surface area contributed by atoms with Gasteiger partial charge in [0.25, 0.3) is 0 Å². The fraction of sp³-hybridized carbons (Fsp3) is 0.417. The number of methoxy groups -OCH3 is 2. The highest BCUT2D eigenvalue weighted by molar-refractivity contribution is 5.73. The van der Waals surface area contributed by atoms with E-state index in [1.165, 1.54) is 0 Å². The molecule has 0 aliphatic rings. The van der Waals surface area contributed by atoms with E-state index in [9.17, 15) is 19.8 Å². The predicted octanol–water partition coefficient (Wildman–Crippen LogP) is 1.50. The summed E-state index contributed by atoms with van der Waals surface area (Å²) in [5.74, 6) is -1.01. The molecule has 2 atom stereocenters. The third kappa shape index (κ3) is 8.45. The number of carbonyl (C=O) groups is 2. The number of anilines is 2. The van der Waals surface area contributed by atoms with Gasteiger partial charge in [0.05, 0.1) is 25.6 Å². The minimum Gasteiger partial charge on any atom is -0.495 e. The Balaban J connectivity index is 0.000000340. The van der Waals surface area contributed by atoms with E-state index >= 15 is 0 Å². The maximum atomic E-state index is 10.6. The Morgan fingerprint density at radius 1 is 0.735 bits per heavy atom. The summed E-state index contributed by atoms with van der Waals surface area (Å²) in [4.78, 5) is 24.9. The highest BCUT2D eigenvalue weighted by Crippen LogP contribution is 2.29. The zero-order valence-corrected chi connectivity index (χ0v) is 20.3. The standard InChI is InChI=1S/2C12H17NO4/c2*1-13(2)9-6-8(4-5-11(9)17-3)7-10(14)12(15)16/h2*4-6,10,14H,7H2,1-3H3,(H,15,16). The van der Waals surface area contributed by atoms with Crippen LogP contribution in [0.2, 0.25) is 0 Å². The first kappa shape index (κ1) is 28.5. The van der Waals surface area contributed by atoms with Crippen LogP contribution in [0.5, 0.6) is 11.5 Å². The van der Waals surface area contributed by atoms with E-state index in [1.54, 1.807) is 38.5 Å². The number of hydrogen-bond acceptors (Lipinski definition) is 8. The third-order valence-electron chi connectivity index (χ3n) is 4.88. The summed E-state index contributed by atoms with van der Waals surface area (Å²) in [7, 11) is 10.6. The molecule has 0 amide bonds. The Bertz CT molecular complexity index is 884. The molecule has 4 N–H and O–H groups in total. The van der Waals surface area contributed by atoms with Crippen LogP contribution < -0.4 is 19.3 Å². The quantitative estimate of drug-likeness (QED) is 0.397. The number of carboxylic acids is 2. The van der Waals surface area contributed by atoms with Crippen molar-refractivity contribution in [1.82, 2.24) is 0 Å².